The van der Waals surface area contributed by atoms with E-state index >= 15 is 0 Å². The van der Waals surface area contributed by atoms with Crippen molar-refractivity contribution in [2.45, 2.75) is 6.42 Å². The van der Waals surface area contributed by atoms with Crippen LogP contribution >= 0.6 is 0 Å². The summed E-state index contributed by atoms with van der Waals surface area (Å²) < 4.78 is 5.44. The van der Waals surface area contributed by atoms with Gasteiger partial charge in [0.15, 0.2) is 5.82 Å². The van der Waals surface area contributed by atoms with Crippen molar-refractivity contribution >= 4 is 5.82 Å². The highest BCUT2D eigenvalue weighted by Gasteiger charge is 2.14. The average molecular weight is 238 g/mol. The molecule has 2 N–H and O–H groups in total. The van der Waals surface area contributed by atoms with Crippen LogP contribution in [0, 0.1) is 11.3 Å². The number of benzene rings is 1. The van der Waals surface area contributed by atoms with Crippen molar-refractivity contribution < 1.29 is 4.74 Å². The molecule has 0 spiro atoms. The van der Waals surface area contributed by atoms with E-state index in [0.29, 0.717) is 18.2 Å². The first-order chi connectivity index (χ1) is 8.76. The summed E-state index contributed by atoms with van der Waals surface area (Å²) in [5.74, 6) is 1.68. The molecule has 1 aromatic carbocycles. The number of hydrogen-bond acceptors (Lipinski definition) is 5. The number of hydrogen-bond donors (Lipinski definition) is 1. The zero-order valence-electron chi connectivity index (χ0n) is 9.55. The molecule has 0 saturated heterocycles. The fraction of sp³-hybridized carbons (Fsp3) is 0.154. The minimum absolute atomic E-state index is 0.272. The van der Waals surface area contributed by atoms with Crippen LogP contribution in [0.3, 0.4) is 0 Å². The maximum atomic E-state index is 8.87. The molecule has 5 heteroatoms. The van der Waals surface area contributed by atoms with Crippen LogP contribution in [0.25, 0.3) is 11.4 Å². The Bertz CT molecular complexity index is 661. The van der Waals surface area contributed by atoms with Gasteiger partial charge in [-0.15, -0.1) is 0 Å². The smallest absolute Gasteiger partial charge is 0.162 e. The lowest BCUT2D eigenvalue weighted by Crippen LogP contribution is -1.98. The highest BCUT2D eigenvalue weighted by molar-refractivity contribution is 5.61. The zero-order chi connectivity index (χ0) is 12.5. The molecule has 0 bridgehead atoms. The van der Waals surface area contributed by atoms with Gasteiger partial charge in [0.2, 0.25) is 0 Å². The van der Waals surface area contributed by atoms with Crippen molar-refractivity contribution in [3.05, 3.63) is 35.5 Å². The van der Waals surface area contributed by atoms with Crippen LogP contribution < -0.4 is 10.5 Å². The van der Waals surface area contributed by atoms with E-state index in [0.717, 1.165) is 23.3 Å². The molecule has 0 fully saturated rings. The van der Waals surface area contributed by atoms with Crippen LogP contribution in [0.2, 0.25) is 0 Å². The van der Waals surface area contributed by atoms with Gasteiger partial charge in [-0.1, -0.05) is 0 Å². The van der Waals surface area contributed by atoms with Crippen LogP contribution in [0.5, 0.6) is 5.75 Å². The molecular formula is C13H10N4O. The molecule has 2 aromatic rings. The van der Waals surface area contributed by atoms with Crippen LogP contribution in [0.4, 0.5) is 5.82 Å². The summed E-state index contributed by atoms with van der Waals surface area (Å²) in [5.41, 5.74) is 7.92. The van der Waals surface area contributed by atoms with E-state index in [1.54, 1.807) is 0 Å². The maximum absolute atomic E-state index is 8.87. The number of fused-ring (bicyclic) bond motifs is 1. The quantitative estimate of drug-likeness (QED) is 0.814. The molecule has 0 aliphatic carbocycles. The molecular weight excluding hydrogens is 228 g/mol. The van der Waals surface area contributed by atoms with Crippen molar-refractivity contribution in [3.63, 3.8) is 0 Å². The van der Waals surface area contributed by atoms with Gasteiger partial charge in [-0.3, -0.25) is 0 Å². The number of nitrogens with zero attached hydrogens (tertiary/aromatic N) is 3. The first kappa shape index (κ1) is 10.5. The lowest BCUT2D eigenvalue weighted by molar-refractivity contribution is 0.357. The average Bonchev–Trinajstić information content (AvgIpc) is 2.85. The summed E-state index contributed by atoms with van der Waals surface area (Å²) in [6.07, 6.45) is 0.886. The first-order valence-electron chi connectivity index (χ1n) is 5.57. The number of rotatable bonds is 1. The van der Waals surface area contributed by atoms with Crippen molar-refractivity contribution in [2.75, 3.05) is 12.3 Å². The summed E-state index contributed by atoms with van der Waals surface area (Å²) in [6, 6.07) is 9.19. The molecule has 88 valence electrons. The third kappa shape index (κ3) is 1.74. The second-order valence-electron chi connectivity index (χ2n) is 4.03. The van der Waals surface area contributed by atoms with Crippen molar-refractivity contribution in [3.8, 4) is 23.2 Å². The minimum Gasteiger partial charge on any atom is -0.493 e. The van der Waals surface area contributed by atoms with Gasteiger partial charge in [0.05, 0.1) is 6.61 Å². The fourth-order valence-corrected chi connectivity index (χ4v) is 1.98. The first-order valence-corrected chi connectivity index (χ1v) is 5.57. The van der Waals surface area contributed by atoms with Crippen LogP contribution in [0.1, 0.15) is 11.3 Å². The summed E-state index contributed by atoms with van der Waals surface area (Å²) in [6.45, 7) is 0.708. The predicted octanol–water partition coefficient (Wildman–Crippen LogP) is 1.53. The Balaban J connectivity index is 2.10. The topological polar surface area (TPSA) is 84.8 Å². The summed E-state index contributed by atoms with van der Waals surface area (Å²) in [4.78, 5) is 8.31. The van der Waals surface area contributed by atoms with Crippen LogP contribution in [0.15, 0.2) is 24.3 Å². The highest BCUT2D eigenvalue weighted by Crippen LogP contribution is 2.29. The molecule has 0 atom stereocenters. The summed E-state index contributed by atoms with van der Waals surface area (Å²) >= 11 is 0. The Morgan fingerprint density at radius 1 is 1.28 bits per heavy atom. The number of ether oxygens (including phenoxy) is 1. The molecule has 1 aliphatic heterocycles. The summed E-state index contributed by atoms with van der Waals surface area (Å²) in [7, 11) is 0. The van der Waals surface area contributed by atoms with Gasteiger partial charge in [0, 0.05) is 18.1 Å². The maximum Gasteiger partial charge on any atom is 0.162 e. The number of nitriles is 1. The third-order valence-corrected chi connectivity index (χ3v) is 2.81. The third-order valence-electron chi connectivity index (χ3n) is 2.81. The van der Waals surface area contributed by atoms with Gasteiger partial charge >= 0.3 is 0 Å². The van der Waals surface area contributed by atoms with E-state index in [-0.39, 0.29) is 5.69 Å². The molecule has 1 aliphatic rings. The molecule has 2 heterocycles. The summed E-state index contributed by atoms with van der Waals surface area (Å²) in [5, 5.41) is 8.87. The van der Waals surface area contributed by atoms with E-state index < -0.39 is 0 Å². The van der Waals surface area contributed by atoms with Gasteiger partial charge in [0.1, 0.15) is 23.3 Å². The molecule has 0 radical (unpaired) electrons. The predicted molar refractivity (Wildman–Crippen MR) is 65.8 cm³/mol. The van der Waals surface area contributed by atoms with E-state index in [9.17, 15) is 0 Å². The number of nitrogen functional groups attached to an aromatic ring is 1. The standard InChI is InChI=1S/C13H10N4O/c14-7-10-6-12(15)17-13(16-10)9-1-2-11-8(5-9)3-4-18-11/h1-2,5-6H,3-4H2,(H2,15,16,17). The second kappa shape index (κ2) is 4.00. The molecule has 0 amide bonds. The number of nitrogens with two attached hydrogens (primary N) is 1. The Morgan fingerprint density at radius 3 is 3.00 bits per heavy atom. The van der Waals surface area contributed by atoms with E-state index in [1.165, 1.54) is 6.07 Å². The monoisotopic (exact) mass is 238 g/mol. The molecule has 18 heavy (non-hydrogen) atoms. The van der Waals surface area contributed by atoms with Crippen molar-refractivity contribution in [1.29, 1.82) is 5.26 Å². The largest absolute Gasteiger partial charge is 0.493 e. The molecule has 5 nitrogen and oxygen atoms in total. The molecule has 3 rings (SSSR count). The minimum atomic E-state index is 0.272. The van der Waals surface area contributed by atoms with E-state index in [2.05, 4.69) is 9.97 Å². The van der Waals surface area contributed by atoms with Gasteiger partial charge in [-0.05, 0) is 23.8 Å². The van der Waals surface area contributed by atoms with E-state index in [1.807, 2.05) is 24.3 Å². The SMILES string of the molecule is N#Cc1cc(N)nc(-c2ccc3c(c2)CCO3)n1. The Morgan fingerprint density at radius 2 is 2.17 bits per heavy atom. The Hall–Kier alpha value is -2.61. The van der Waals surface area contributed by atoms with Gasteiger partial charge < -0.3 is 10.5 Å². The second-order valence-corrected chi connectivity index (χ2v) is 4.03. The van der Waals surface area contributed by atoms with Crippen molar-refractivity contribution in [1.82, 2.24) is 9.97 Å². The zero-order valence-corrected chi connectivity index (χ0v) is 9.55. The van der Waals surface area contributed by atoms with E-state index in [4.69, 9.17) is 15.7 Å². The van der Waals surface area contributed by atoms with Gasteiger partial charge in [-0.2, -0.15) is 5.26 Å². The number of aromatic nitrogens is 2. The fourth-order valence-electron chi connectivity index (χ4n) is 1.98. The van der Waals surface area contributed by atoms with Crippen molar-refractivity contribution in [2.24, 2.45) is 0 Å². The molecule has 0 unspecified atom stereocenters. The Labute approximate surface area is 104 Å². The van der Waals surface area contributed by atoms with Gasteiger partial charge in [-0.25, -0.2) is 9.97 Å². The lowest BCUT2D eigenvalue weighted by atomic mass is 10.1. The number of anilines is 1. The van der Waals surface area contributed by atoms with Gasteiger partial charge in [0.25, 0.3) is 0 Å². The normalized spacial score (nSPS) is 12.6. The van der Waals surface area contributed by atoms with Crippen LogP contribution in [-0.4, -0.2) is 16.6 Å². The van der Waals surface area contributed by atoms with Crippen LogP contribution in [-0.2, 0) is 6.42 Å². The lowest BCUT2D eigenvalue weighted by Gasteiger charge is -2.04. The highest BCUT2D eigenvalue weighted by atomic mass is 16.5. The Kier molecular flexibility index (Phi) is 2.34. The molecule has 1 aromatic heterocycles. The molecule has 0 saturated carbocycles.